The number of pyridine rings is 1. The number of ketones is 1. The molecule has 6 heteroatoms. The highest BCUT2D eigenvalue weighted by atomic mass is 35.5. The number of aliphatic hydroxyl groups is 1. The number of aliphatic hydroxyl groups excluding tert-OH is 1. The number of Topliss-reactive ketones (excluding diaryl/α,β-unsaturated/α-hetero) is 1. The van der Waals surface area contributed by atoms with Gasteiger partial charge in [0, 0.05) is 11.8 Å². The van der Waals surface area contributed by atoms with E-state index < -0.39 is 6.61 Å². The van der Waals surface area contributed by atoms with Gasteiger partial charge in [-0.1, -0.05) is 11.6 Å². The lowest BCUT2D eigenvalue weighted by molar-refractivity contribution is 0.0904. The zero-order valence-corrected chi connectivity index (χ0v) is 11.0. The van der Waals surface area contributed by atoms with E-state index in [1.807, 2.05) is 0 Å². The molecule has 0 fully saturated rings. The van der Waals surface area contributed by atoms with Crippen LogP contribution >= 0.6 is 11.6 Å². The number of rotatable bonds is 3. The molecule has 0 saturated heterocycles. The van der Waals surface area contributed by atoms with Crippen LogP contribution in [0.25, 0.3) is 22.6 Å². The third-order valence-corrected chi connectivity index (χ3v) is 3.05. The molecule has 0 radical (unpaired) electrons. The first-order valence-electron chi connectivity index (χ1n) is 5.84. The summed E-state index contributed by atoms with van der Waals surface area (Å²) in [5, 5.41) is 9.24. The highest BCUT2D eigenvalue weighted by Crippen LogP contribution is 2.25. The third kappa shape index (κ3) is 2.29. The number of hydrogen-bond donors (Lipinski definition) is 1. The molecule has 2 aromatic heterocycles. The molecule has 1 N–H and O–H groups in total. The molecule has 0 atom stereocenters. The Morgan fingerprint density at radius 1 is 1.30 bits per heavy atom. The first kappa shape index (κ1) is 12.8. The molecular formula is C14H9ClN2O3. The molecule has 20 heavy (non-hydrogen) atoms. The predicted octanol–water partition coefficient (Wildman–Crippen LogP) is 2.72. The molecule has 3 rings (SSSR count). The van der Waals surface area contributed by atoms with Gasteiger partial charge in [-0.15, -0.1) is 0 Å². The summed E-state index contributed by atoms with van der Waals surface area (Å²) in [6.07, 6.45) is 1.56. The fraction of sp³-hybridized carbons (Fsp3) is 0.0714. The summed E-state index contributed by atoms with van der Waals surface area (Å²) in [4.78, 5) is 19.7. The molecule has 100 valence electrons. The van der Waals surface area contributed by atoms with Crippen LogP contribution in [0.5, 0.6) is 0 Å². The third-order valence-electron chi connectivity index (χ3n) is 2.83. The van der Waals surface area contributed by atoms with Crippen molar-refractivity contribution in [3.05, 3.63) is 47.2 Å². The number of oxazole rings is 1. The molecule has 2 heterocycles. The van der Waals surface area contributed by atoms with E-state index in [4.69, 9.17) is 21.1 Å². The monoisotopic (exact) mass is 288 g/mol. The molecular weight excluding hydrogens is 280 g/mol. The van der Waals surface area contributed by atoms with E-state index in [0.29, 0.717) is 33.3 Å². The van der Waals surface area contributed by atoms with Gasteiger partial charge in [-0.25, -0.2) is 9.97 Å². The van der Waals surface area contributed by atoms with E-state index in [2.05, 4.69) is 9.97 Å². The van der Waals surface area contributed by atoms with Gasteiger partial charge in [-0.3, -0.25) is 4.79 Å². The fourth-order valence-corrected chi connectivity index (χ4v) is 1.93. The molecule has 0 saturated carbocycles. The van der Waals surface area contributed by atoms with Crippen molar-refractivity contribution < 1.29 is 14.3 Å². The second kappa shape index (κ2) is 5.03. The van der Waals surface area contributed by atoms with Crippen molar-refractivity contribution in [2.75, 3.05) is 6.61 Å². The fourth-order valence-electron chi connectivity index (χ4n) is 1.82. The molecule has 0 amide bonds. The quantitative estimate of drug-likeness (QED) is 0.592. The normalized spacial score (nSPS) is 10.9. The van der Waals surface area contributed by atoms with Gasteiger partial charge in [0.25, 0.3) is 0 Å². The molecule has 3 aromatic rings. The second-order valence-corrected chi connectivity index (χ2v) is 4.54. The standard InChI is InChI=1S/C14H9ClN2O3/c15-13-4-2-9(6-16-13)14-17-10-3-1-8(11(19)7-18)5-12(10)20-14/h1-6,18H,7H2. The van der Waals surface area contributed by atoms with Gasteiger partial charge in [0.2, 0.25) is 5.89 Å². The van der Waals surface area contributed by atoms with Crippen molar-refractivity contribution in [1.29, 1.82) is 0 Å². The van der Waals surface area contributed by atoms with Gasteiger partial charge in [-0.2, -0.15) is 0 Å². The summed E-state index contributed by atoms with van der Waals surface area (Å²) < 4.78 is 5.60. The Labute approximate surface area is 118 Å². The summed E-state index contributed by atoms with van der Waals surface area (Å²) in [7, 11) is 0. The molecule has 0 spiro atoms. The van der Waals surface area contributed by atoms with Crippen LogP contribution < -0.4 is 0 Å². The van der Waals surface area contributed by atoms with Crippen molar-refractivity contribution in [3.63, 3.8) is 0 Å². The number of nitrogens with zero attached hydrogens (tertiary/aromatic N) is 2. The molecule has 0 unspecified atom stereocenters. The van der Waals surface area contributed by atoms with Crippen LogP contribution in [0.2, 0.25) is 5.15 Å². The maximum Gasteiger partial charge on any atom is 0.228 e. The van der Waals surface area contributed by atoms with Gasteiger partial charge in [0.15, 0.2) is 11.4 Å². The highest BCUT2D eigenvalue weighted by Gasteiger charge is 2.11. The van der Waals surface area contributed by atoms with Crippen molar-refractivity contribution in [2.45, 2.75) is 0 Å². The van der Waals surface area contributed by atoms with Gasteiger partial charge in [-0.05, 0) is 30.3 Å². The largest absolute Gasteiger partial charge is 0.436 e. The van der Waals surface area contributed by atoms with Crippen molar-refractivity contribution in [3.8, 4) is 11.5 Å². The maximum absolute atomic E-state index is 11.4. The Balaban J connectivity index is 2.06. The van der Waals surface area contributed by atoms with Crippen LogP contribution in [0.1, 0.15) is 10.4 Å². The molecule has 0 aliphatic rings. The number of aromatic nitrogens is 2. The Kier molecular flexibility index (Phi) is 3.22. The minimum atomic E-state index is -0.534. The first-order chi connectivity index (χ1) is 9.67. The number of carbonyl (C=O) groups is 1. The van der Waals surface area contributed by atoms with Crippen LogP contribution in [-0.2, 0) is 0 Å². The summed E-state index contributed by atoms with van der Waals surface area (Å²) in [6, 6.07) is 8.24. The average Bonchev–Trinajstić information content (AvgIpc) is 2.90. The smallest absolute Gasteiger partial charge is 0.228 e. The topological polar surface area (TPSA) is 76.2 Å². The van der Waals surface area contributed by atoms with Crippen LogP contribution in [0.4, 0.5) is 0 Å². The van der Waals surface area contributed by atoms with Crippen molar-refractivity contribution in [1.82, 2.24) is 9.97 Å². The Bertz CT molecular complexity index is 781. The van der Waals surface area contributed by atoms with Crippen molar-refractivity contribution in [2.24, 2.45) is 0 Å². The maximum atomic E-state index is 11.4. The van der Waals surface area contributed by atoms with Crippen LogP contribution in [0.15, 0.2) is 40.9 Å². The second-order valence-electron chi connectivity index (χ2n) is 4.15. The van der Waals surface area contributed by atoms with Gasteiger partial charge in [0.05, 0.1) is 5.56 Å². The molecule has 1 aromatic carbocycles. The van der Waals surface area contributed by atoms with E-state index in [1.165, 1.54) is 0 Å². The Hall–Kier alpha value is -2.24. The zero-order valence-electron chi connectivity index (χ0n) is 10.2. The van der Waals surface area contributed by atoms with Crippen molar-refractivity contribution >= 4 is 28.5 Å². The SMILES string of the molecule is O=C(CO)c1ccc2nc(-c3ccc(Cl)nc3)oc2c1. The number of hydrogen-bond acceptors (Lipinski definition) is 5. The first-order valence-corrected chi connectivity index (χ1v) is 6.22. The summed E-state index contributed by atoms with van der Waals surface area (Å²) in [5.41, 5.74) is 2.19. The van der Waals surface area contributed by atoms with E-state index >= 15 is 0 Å². The lowest BCUT2D eigenvalue weighted by atomic mass is 10.1. The zero-order chi connectivity index (χ0) is 14.1. The average molecular weight is 289 g/mol. The molecule has 0 bridgehead atoms. The Morgan fingerprint density at radius 3 is 2.85 bits per heavy atom. The summed E-state index contributed by atoms with van der Waals surface area (Å²) >= 11 is 5.73. The van der Waals surface area contributed by atoms with Gasteiger partial charge >= 0.3 is 0 Å². The predicted molar refractivity (Wildman–Crippen MR) is 73.7 cm³/mol. The molecule has 0 aliphatic heterocycles. The van der Waals surface area contributed by atoms with E-state index in [1.54, 1.807) is 36.5 Å². The Morgan fingerprint density at radius 2 is 2.15 bits per heavy atom. The van der Waals surface area contributed by atoms with Crippen LogP contribution in [-0.4, -0.2) is 27.5 Å². The highest BCUT2D eigenvalue weighted by molar-refractivity contribution is 6.29. The number of halogens is 1. The summed E-state index contributed by atoms with van der Waals surface area (Å²) in [6.45, 7) is -0.534. The van der Waals surface area contributed by atoms with Crippen LogP contribution in [0, 0.1) is 0 Å². The minimum absolute atomic E-state index is 0.363. The van der Waals surface area contributed by atoms with E-state index in [0.717, 1.165) is 0 Å². The minimum Gasteiger partial charge on any atom is -0.436 e. The number of carbonyl (C=O) groups excluding carboxylic acids is 1. The lowest BCUT2D eigenvalue weighted by Crippen LogP contribution is -2.03. The number of fused-ring (bicyclic) bond motifs is 1. The van der Waals surface area contributed by atoms with E-state index in [9.17, 15) is 4.79 Å². The van der Waals surface area contributed by atoms with Gasteiger partial charge in [0.1, 0.15) is 17.3 Å². The van der Waals surface area contributed by atoms with Gasteiger partial charge < -0.3 is 9.52 Å². The molecule has 0 aliphatic carbocycles. The van der Waals surface area contributed by atoms with Crippen LogP contribution in [0.3, 0.4) is 0 Å². The lowest BCUT2D eigenvalue weighted by Gasteiger charge is -1.95. The molecule has 5 nitrogen and oxygen atoms in total. The summed E-state index contributed by atoms with van der Waals surface area (Å²) in [5.74, 6) is 0.0378. The number of benzene rings is 1. The van der Waals surface area contributed by atoms with E-state index in [-0.39, 0.29) is 5.78 Å².